The van der Waals surface area contributed by atoms with Gasteiger partial charge in [0.25, 0.3) is 0 Å². The number of nitrogens with one attached hydrogen (secondary N) is 1. The molecule has 0 amide bonds. The highest BCUT2D eigenvalue weighted by atomic mass is 16.5. The summed E-state index contributed by atoms with van der Waals surface area (Å²) in [6.07, 6.45) is 1.20. The topological polar surface area (TPSA) is 21.3 Å². The van der Waals surface area contributed by atoms with Crippen LogP contribution >= 0.6 is 0 Å². The minimum atomic E-state index is 0.411. The molecule has 0 saturated carbocycles. The molecule has 0 aromatic carbocycles. The first kappa shape index (κ1) is 7.03. The third-order valence-corrected chi connectivity index (χ3v) is 1.90. The van der Waals surface area contributed by atoms with Crippen LogP contribution in [-0.4, -0.2) is 26.8 Å². The summed E-state index contributed by atoms with van der Waals surface area (Å²) >= 11 is 0. The maximum absolute atomic E-state index is 5.27. The summed E-state index contributed by atoms with van der Waals surface area (Å²) in [5.74, 6) is 0. The normalized spacial score (nSPS) is 35.3. The molecule has 54 valence electrons. The highest BCUT2D eigenvalue weighted by Crippen LogP contribution is 2.26. The highest BCUT2D eigenvalue weighted by Gasteiger charge is 2.28. The van der Waals surface area contributed by atoms with E-state index in [-0.39, 0.29) is 0 Å². The largest absolute Gasteiger partial charge is 0.381 e. The quantitative estimate of drug-likeness (QED) is 0.590. The molecule has 0 bridgehead atoms. The summed E-state index contributed by atoms with van der Waals surface area (Å²) in [5, 5.41) is 3.17. The molecule has 1 heterocycles. The number of hydrogen-bond donors (Lipinski definition) is 1. The van der Waals surface area contributed by atoms with Gasteiger partial charge in [0, 0.05) is 18.6 Å². The summed E-state index contributed by atoms with van der Waals surface area (Å²) < 4.78 is 5.27. The van der Waals surface area contributed by atoms with E-state index in [1.165, 1.54) is 6.42 Å². The van der Waals surface area contributed by atoms with Gasteiger partial charge in [-0.3, -0.25) is 0 Å². The zero-order chi connectivity index (χ0) is 6.74. The Morgan fingerprint density at radius 1 is 1.67 bits per heavy atom. The second-order valence-corrected chi connectivity index (χ2v) is 3.14. The lowest BCUT2D eigenvalue weighted by Gasteiger charge is -2.20. The van der Waals surface area contributed by atoms with E-state index in [2.05, 4.69) is 12.2 Å². The average molecular weight is 129 g/mol. The molecule has 2 heteroatoms. The van der Waals surface area contributed by atoms with E-state index < -0.39 is 0 Å². The van der Waals surface area contributed by atoms with Crippen LogP contribution in [0.5, 0.6) is 0 Å². The molecule has 0 radical (unpaired) electrons. The van der Waals surface area contributed by atoms with Crippen molar-refractivity contribution in [1.29, 1.82) is 0 Å². The Bertz CT molecular complexity index is 86.9. The van der Waals surface area contributed by atoms with Crippen LogP contribution in [0.3, 0.4) is 0 Å². The van der Waals surface area contributed by atoms with Crippen molar-refractivity contribution >= 4 is 0 Å². The average Bonchev–Trinajstić information content (AvgIpc) is 2.16. The molecule has 1 aliphatic heterocycles. The molecule has 0 aliphatic carbocycles. The number of rotatable bonds is 2. The van der Waals surface area contributed by atoms with E-state index in [9.17, 15) is 0 Å². The van der Waals surface area contributed by atoms with Crippen molar-refractivity contribution in [3.63, 3.8) is 0 Å². The molecule has 1 fully saturated rings. The van der Waals surface area contributed by atoms with E-state index >= 15 is 0 Å². The predicted molar refractivity (Wildman–Crippen MR) is 37.5 cm³/mol. The fraction of sp³-hybridized carbons (Fsp3) is 1.00. The van der Waals surface area contributed by atoms with Crippen molar-refractivity contribution < 1.29 is 4.74 Å². The Kier molecular flexibility index (Phi) is 2.09. The van der Waals surface area contributed by atoms with Crippen molar-refractivity contribution in [3.05, 3.63) is 0 Å². The summed E-state index contributed by atoms with van der Waals surface area (Å²) in [4.78, 5) is 0. The smallest absolute Gasteiger partial charge is 0.0532 e. The monoisotopic (exact) mass is 129 g/mol. The molecule has 1 N–H and O–H groups in total. The van der Waals surface area contributed by atoms with Gasteiger partial charge in [0.2, 0.25) is 0 Å². The Hall–Kier alpha value is -0.0800. The van der Waals surface area contributed by atoms with Gasteiger partial charge in [-0.05, 0) is 13.5 Å². The maximum Gasteiger partial charge on any atom is 0.0532 e. The molecule has 9 heavy (non-hydrogen) atoms. The van der Waals surface area contributed by atoms with Crippen molar-refractivity contribution in [2.24, 2.45) is 5.41 Å². The van der Waals surface area contributed by atoms with Crippen molar-refractivity contribution in [2.75, 3.05) is 26.8 Å². The maximum atomic E-state index is 5.27. The van der Waals surface area contributed by atoms with Crippen molar-refractivity contribution in [2.45, 2.75) is 13.3 Å². The lowest BCUT2D eigenvalue weighted by molar-refractivity contribution is 0.159. The lowest BCUT2D eigenvalue weighted by Crippen LogP contribution is -2.29. The van der Waals surface area contributed by atoms with Crippen LogP contribution in [0.4, 0.5) is 0 Å². The minimum absolute atomic E-state index is 0.411. The van der Waals surface area contributed by atoms with Gasteiger partial charge in [-0.15, -0.1) is 0 Å². The van der Waals surface area contributed by atoms with E-state index in [0.29, 0.717) is 5.41 Å². The fourth-order valence-corrected chi connectivity index (χ4v) is 1.28. The summed E-state index contributed by atoms with van der Waals surface area (Å²) in [6, 6.07) is 0. The molecule has 1 saturated heterocycles. The molecule has 1 aliphatic rings. The van der Waals surface area contributed by atoms with E-state index in [1.54, 1.807) is 0 Å². The minimum Gasteiger partial charge on any atom is -0.381 e. The molecule has 2 nitrogen and oxygen atoms in total. The number of hydrogen-bond acceptors (Lipinski definition) is 2. The zero-order valence-corrected chi connectivity index (χ0v) is 6.24. The van der Waals surface area contributed by atoms with Gasteiger partial charge in [0.15, 0.2) is 0 Å². The molecule has 0 spiro atoms. The van der Waals surface area contributed by atoms with Gasteiger partial charge >= 0.3 is 0 Å². The Balaban J connectivity index is 2.32. The zero-order valence-electron chi connectivity index (χ0n) is 6.24. The van der Waals surface area contributed by atoms with Crippen LogP contribution in [-0.2, 0) is 4.74 Å². The van der Waals surface area contributed by atoms with Crippen LogP contribution in [0.15, 0.2) is 0 Å². The molecule has 1 atom stereocenters. The first-order chi connectivity index (χ1) is 4.27. The first-order valence-electron chi connectivity index (χ1n) is 3.49. The summed E-state index contributed by atoms with van der Waals surface area (Å²) in [6.45, 7) is 5.20. The van der Waals surface area contributed by atoms with Crippen LogP contribution in [0.25, 0.3) is 0 Å². The van der Waals surface area contributed by atoms with Gasteiger partial charge < -0.3 is 10.1 Å². The fourth-order valence-electron chi connectivity index (χ4n) is 1.28. The summed E-state index contributed by atoms with van der Waals surface area (Å²) in [5.41, 5.74) is 0.411. The molecule has 1 rings (SSSR count). The van der Waals surface area contributed by atoms with Gasteiger partial charge in [0.05, 0.1) is 6.61 Å². The lowest BCUT2D eigenvalue weighted by atomic mass is 9.90. The third-order valence-electron chi connectivity index (χ3n) is 1.90. The van der Waals surface area contributed by atoms with E-state index in [1.807, 2.05) is 7.05 Å². The van der Waals surface area contributed by atoms with Crippen LogP contribution in [0.1, 0.15) is 13.3 Å². The molecule has 1 unspecified atom stereocenters. The van der Waals surface area contributed by atoms with E-state index in [0.717, 1.165) is 19.8 Å². The number of ether oxygens (including phenoxy) is 1. The highest BCUT2D eigenvalue weighted by molar-refractivity contribution is 4.79. The second-order valence-electron chi connectivity index (χ2n) is 3.14. The van der Waals surface area contributed by atoms with Gasteiger partial charge in [-0.25, -0.2) is 0 Å². The van der Waals surface area contributed by atoms with Gasteiger partial charge in [-0.2, -0.15) is 0 Å². The SMILES string of the molecule is CNCC1(C)CCOC1. The van der Waals surface area contributed by atoms with Crippen LogP contribution < -0.4 is 5.32 Å². The Labute approximate surface area is 56.6 Å². The molecule has 0 aromatic heterocycles. The second kappa shape index (κ2) is 2.67. The van der Waals surface area contributed by atoms with Crippen molar-refractivity contribution in [3.8, 4) is 0 Å². The Morgan fingerprint density at radius 3 is 2.89 bits per heavy atom. The van der Waals surface area contributed by atoms with Crippen LogP contribution in [0.2, 0.25) is 0 Å². The van der Waals surface area contributed by atoms with Gasteiger partial charge in [0.1, 0.15) is 0 Å². The predicted octanol–water partition coefficient (Wildman–Crippen LogP) is 0.632. The standard InChI is InChI=1S/C7H15NO/c1-7(5-8-2)3-4-9-6-7/h8H,3-6H2,1-2H3. The third kappa shape index (κ3) is 1.66. The van der Waals surface area contributed by atoms with Gasteiger partial charge in [-0.1, -0.05) is 6.92 Å². The van der Waals surface area contributed by atoms with Crippen LogP contribution in [0, 0.1) is 5.41 Å². The van der Waals surface area contributed by atoms with E-state index in [4.69, 9.17) is 4.74 Å². The molecular weight excluding hydrogens is 114 g/mol. The first-order valence-corrected chi connectivity index (χ1v) is 3.49. The summed E-state index contributed by atoms with van der Waals surface area (Å²) in [7, 11) is 1.99. The molecular formula is C7H15NO. The van der Waals surface area contributed by atoms with Crippen molar-refractivity contribution in [1.82, 2.24) is 5.32 Å². The Morgan fingerprint density at radius 2 is 2.44 bits per heavy atom. The molecule has 0 aromatic rings.